The quantitative estimate of drug-likeness (QED) is 0.775. The van der Waals surface area contributed by atoms with Crippen LogP contribution in [0.25, 0.3) is 0 Å². The zero-order valence-corrected chi connectivity index (χ0v) is 15.6. The summed E-state index contributed by atoms with van der Waals surface area (Å²) in [6, 6.07) is 4.44. The van der Waals surface area contributed by atoms with Crippen molar-refractivity contribution in [3.8, 4) is 0 Å². The fourth-order valence-electron chi connectivity index (χ4n) is 2.83. The maximum atomic E-state index is 12.5. The molecule has 1 aliphatic heterocycles. The van der Waals surface area contributed by atoms with Crippen molar-refractivity contribution in [2.24, 2.45) is 11.7 Å². The summed E-state index contributed by atoms with van der Waals surface area (Å²) in [5, 5.41) is 2.88. The van der Waals surface area contributed by atoms with Gasteiger partial charge in [0.1, 0.15) is 0 Å². The van der Waals surface area contributed by atoms with Crippen LogP contribution in [0.5, 0.6) is 0 Å². The first kappa shape index (κ1) is 19.7. The van der Waals surface area contributed by atoms with Gasteiger partial charge in [-0.05, 0) is 37.5 Å². The van der Waals surface area contributed by atoms with Crippen molar-refractivity contribution >= 4 is 39.1 Å². The lowest BCUT2D eigenvalue weighted by molar-refractivity contribution is -0.120. The van der Waals surface area contributed by atoms with Crippen LogP contribution < -0.4 is 11.1 Å². The zero-order chi connectivity index (χ0) is 18.6. The van der Waals surface area contributed by atoms with E-state index < -0.39 is 21.8 Å². The predicted octanol–water partition coefficient (Wildman–Crippen LogP) is 1.83. The number of amides is 2. The first-order valence-electron chi connectivity index (χ1n) is 8.12. The maximum absolute atomic E-state index is 12.5. The van der Waals surface area contributed by atoms with Gasteiger partial charge in [0.25, 0.3) is 0 Å². The standard InChI is InChI=1S/C16H22ClN3O4S/c1-2-8-25(23,24)20-7-3-4-11(10-20)16(22)19-12-5-6-13(15(18)21)14(17)9-12/h5-6,9,11H,2-4,7-8,10H2,1H3,(H2,18,21)(H,19,22). The minimum Gasteiger partial charge on any atom is -0.366 e. The number of primary amides is 1. The third-order valence-corrected chi connectivity index (χ3v) is 6.47. The molecule has 25 heavy (non-hydrogen) atoms. The SMILES string of the molecule is CCCS(=O)(=O)N1CCCC(C(=O)Nc2ccc(C(N)=O)c(Cl)c2)C1. The number of rotatable bonds is 6. The van der Waals surface area contributed by atoms with Gasteiger partial charge >= 0.3 is 0 Å². The van der Waals surface area contributed by atoms with Crippen molar-refractivity contribution in [2.75, 3.05) is 24.2 Å². The molecule has 1 aromatic carbocycles. The van der Waals surface area contributed by atoms with Gasteiger partial charge in [-0.2, -0.15) is 0 Å². The van der Waals surface area contributed by atoms with Crippen LogP contribution in [0.15, 0.2) is 18.2 Å². The summed E-state index contributed by atoms with van der Waals surface area (Å²) in [7, 11) is -3.31. The van der Waals surface area contributed by atoms with E-state index in [2.05, 4.69) is 5.32 Å². The van der Waals surface area contributed by atoms with Crippen molar-refractivity contribution < 1.29 is 18.0 Å². The summed E-state index contributed by atoms with van der Waals surface area (Å²) in [5.41, 5.74) is 5.80. The first-order chi connectivity index (χ1) is 11.7. The van der Waals surface area contributed by atoms with Gasteiger partial charge in [0.15, 0.2) is 0 Å². The van der Waals surface area contributed by atoms with Gasteiger partial charge in [-0.15, -0.1) is 0 Å². The van der Waals surface area contributed by atoms with Gasteiger partial charge in [0.05, 0.1) is 22.3 Å². The number of nitrogens with zero attached hydrogens (tertiary/aromatic N) is 1. The van der Waals surface area contributed by atoms with Gasteiger partial charge in [-0.25, -0.2) is 12.7 Å². The summed E-state index contributed by atoms with van der Waals surface area (Å²) in [4.78, 5) is 23.6. The lowest BCUT2D eigenvalue weighted by Crippen LogP contribution is -2.44. The Bertz CT molecular complexity index is 767. The number of sulfonamides is 1. The van der Waals surface area contributed by atoms with E-state index in [4.69, 9.17) is 17.3 Å². The molecule has 9 heteroatoms. The third kappa shape index (κ3) is 4.93. The van der Waals surface area contributed by atoms with Crippen molar-refractivity contribution in [1.82, 2.24) is 4.31 Å². The van der Waals surface area contributed by atoms with E-state index in [1.54, 1.807) is 0 Å². The Kier molecular flexibility index (Phi) is 6.42. The van der Waals surface area contributed by atoms with E-state index in [1.165, 1.54) is 22.5 Å². The average molecular weight is 388 g/mol. The molecule has 0 aliphatic carbocycles. The molecule has 0 spiro atoms. The lowest BCUT2D eigenvalue weighted by atomic mass is 9.98. The molecule has 1 heterocycles. The van der Waals surface area contributed by atoms with Crippen molar-refractivity contribution in [1.29, 1.82) is 0 Å². The highest BCUT2D eigenvalue weighted by atomic mass is 35.5. The molecule has 1 fully saturated rings. The molecule has 138 valence electrons. The van der Waals surface area contributed by atoms with Gasteiger partial charge in [-0.1, -0.05) is 18.5 Å². The molecule has 3 N–H and O–H groups in total. The highest BCUT2D eigenvalue weighted by Gasteiger charge is 2.31. The molecular formula is C16H22ClN3O4S. The number of nitrogens with one attached hydrogen (secondary N) is 1. The van der Waals surface area contributed by atoms with Crippen molar-refractivity contribution in [2.45, 2.75) is 26.2 Å². The molecule has 0 aromatic heterocycles. The molecule has 1 aromatic rings. The smallest absolute Gasteiger partial charge is 0.250 e. The molecule has 0 saturated carbocycles. The Morgan fingerprint density at radius 3 is 2.72 bits per heavy atom. The third-order valence-electron chi connectivity index (χ3n) is 4.11. The van der Waals surface area contributed by atoms with E-state index in [9.17, 15) is 18.0 Å². The van der Waals surface area contributed by atoms with E-state index in [-0.39, 0.29) is 28.8 Å². The Hall–Kier alpha value is -1.64. The molecule has 2 rings (SSSR count). The number of nitrogens with two attached hydrogens (primary N) is 1. The fourth-order valence-corrected chi connectivity index (χ4v) is 4.70. The van der Waals surface area contributed by atoms with Gasteiger partial charge in [0, 0.05) is 18.8 Å². The maximum Gasteiger partial charge on any atom is 0.250 e. The number of piperidine rings is 1. The number of hydrogen-bond donors (Lipinski definition) is 2. The molecule has 0 bridgehead atoms. The van der Waals surface area contributed by atoms with Gasteiger partial charge in [0.2, 0.25) is 21.8 Å². The second-order valence-corrected chi connectivity index (χ2v) is 8.56. The minimum atomic E-state index is -3.31. The summed E-state index contributed by atoms with van der Waals surface area (Å²) >= 11 is 5.97. The van der Waals surface area contributed by atoms with Crippen LogP contribution in [0.3, 0.4) is 0 Å². The normalized spacial score (nSPS) is 18.7. The van der Waals surface area contributed by atoms with Crippen LogP contribution in [0.4, 0.5) is 5.69 Å². The summed E-state index contributed by atoms with van der Waals surface area (Å²) in [6.45, 7) is 2.44. The van der Waals surface area contributed by atoms with Crippen LogP contribution in [-0.4, -0.2) is 43.4 Å². The Labute approximate surface area is 152 Å². The van der Waals surface area contributed by atoms with Gasteiger partial charge in [-0.3, -0.25) is 9.59 Å². The molecule has 1 aliphatic rings. The van der Waals surface area contributed by atoms with Crippen LogP contribution >= 0.6 is 11.6 Å². The summed E-state index contributed by atoms with van der Waals surface area (Å²) < 4.78 is 25.8. The van der Waals surface area contributed by atoms with Crippen molar-refractivity contribution in [3.05, 3.63) is 28.8 Å². The number of anilines is 1. The Morgan fingerprint density at radius 2 is 2.12 bits per heavy atom. The number of halogens is 1. The van der Waals surface area contributed by atoms with E-state index in [0.29, 0.717) is 31.5 Å². The van der Waals surface area contributed by atoms with Crippen molar-refractivity contribution in [3.63, 3.8) is 0 Å². The van der Waals surface area contributed by atoms with Gasteiger partial charge < -0.3 is 11.1 Å². The second kappa shape index (κ2) is 8.16. The molecule has 1 atom stereocenters. The highest BCUT2D eigenvalue weighted by Crippen LogP contribution is 2.24. The zero-order valence-electron chi connectivity index (χ0n) is 14.0. The molecule has 7 nitrogen and oxygen atoms in total. The van der Waals surface area contributed by atoms with E-state index in [0.717, 1.165) is 0 Å². The first-order valence-corrected chi connectivity index (χ1v) is 10.1. The summed E-state index contributed by atoms with van der Waals surface area (Å²) in [6.07, 6.45) is 1.81. The highest BCUT2D eigenvalue weighted by molar-refractivity contribution is 7.89. The molecule has 1 saturated heterocycles. The molecular weight excluding hydrogens is 366 g/mol. The monoisotopic (exact) mass is 387 g/mol. The Morgan fingerprint density at radius 1 is 1.40 bits per heavy atom. The number of hydrogen-bond acceptors (Lipinski definition) is 4. The van der Waals surface area contributed by atoms with E-state index in [1.807, 2.05) is 6.92 Å². The lowest BCUT2D eigenvalue weighted by Gasteiger charge is -2.31. The average Bonchev–Trinajstić information content (AvgIpc) is 2.54. The van der Waals surface area contributed by atoms with Crippen LogP contribution in [0.1, 0.15) is 36.5 Å². The van der Waals surface area contributed by atoms with E-state index >= 15 is 0 Å². The topological polar surface area (TPSA) is 110 Å². The fraction of sp³-hybridized carbons (Fsp3) is 0.500. The number of carbonyl (C=O) groups is 2. The second-order valence-electron chi connectivity index (χ2n) is 6.06. The molecule has 2 amide bonds. The van der Waals surface area contributed by atoms with Crippen LogP contribution in [-0.2, 0) is 14.8 Å². The summed E-state index contributed by atoms with van der Waals surface area (Å²) in [5.74, 6) is -1.24. The molecule has 0 radical (unpaired) electrons. The largest absolute Gasteiger partial charge is 0.366 e. The Balaban J connectivity index is 2.05. The predicted molar refractivity (Wildman–Crippen MR) is 97.0 cm³/mol. The van der Waals surface area contributed by atoms with Crippen LogP contribution in [0.2, 0.25) is 5.02 Å². The van der Waals surface area contributed by atoms with Crippen LogP contribution in [0, 0.1) is 5.92 Å². The number of carbonyl (C=O) groups excluding carboxylic acids is 2. The molecule has 1 unspecified atom stereocenters. The number of benzene rings is 1. The minimum absolute atomic E-state index is 0.0888.